The minimum absolute atomic E-state index is 0.213. The average Bonchev–Trinajstić information content (AvgIpc) is 3.25. The van der Waals surface area contributed by atoms with Crippen LogP contribution in [0.2, 0.25) is 0 Å². The van der Waals surface area contributed by atoms with Gasteiger partial charge in [-0.1, -0.05) is 18.9 Å². The van der Waals surface area contributed by atoms with E-state index in [-0.39, 0.29) is 5.82 Å². The Morgan fingerprint density at radius 1 is 1.16 bits per heavy atom. The molecule has 0 unspecified atom stereocenters. The van der Waals surface area contributed by atoms with Crippen LogP contribution in [-0.2, 0) is 6.54 Å². The van der Waals surface area contributed by atoms with Crippen LogP contribution in [0, 0.1) is 5.82 Å². The zero-order valence-electron chi connectivity index (χ0n) is 14.1. The number of benzene rings is 1. The minimum Gasteiger partial charge on any atom is -0.291 e. The number of likely N-dealkylation sites (tertiary alicyclic amines) is 1. The monoisotopic (exact) mass is 355 g/mol. The van der Waals surface area contributed by atoms with Crippen LogP contribution in [0.1, 0.15) is 42.2 Å². The number of nitrogens with zero attached hydrogens (tertiary/aromatic N) is 2. The maximum Gasteiger partial charge on any atom is 0.123 e. The first-order valence-corrected chi connectivity index (χ1v) is 9.75. The normalized spacial score (nSPS) is 19.0. The van der Waals surface area contributed by atoms with Crippen LogP contribution < -0.4 is 0 Å². The van der Waals surface area contributed by atoms with Gasteiger partial charge >= 0.3 is 0 Å². The Labute approximate surface area is 151 Å². The van der Waals surface area contributed by atoms with Crippen molar-refractivity contribution in [1.82, 2.24) is 15.1 Å². The highest BCUT2D eigenvalue weighted by atomic mass is 32.1. The summed E-state index contributed by atoms with van der Waals surface area (Å²) in [4.78, 5) is 4.03. The molecular formula is C20H22FN3S. The summed E-state index contributed by atoms with van der Waals surface area (Å²) >= 11 is 1.85. The quantitative estimate of drug-likeness (QED) is 0.680. The fourth-order valence-corrected chi connectivity index (χ4v) is 4.57. The summed E-state index contributed by atoms with van der Waals surface area (Å²) in [6.45, 7) is 1.97. The standard InChI is InChI=1S/C20H22FN3S/c21-17-9-7-15(8-10-17)20-16(13-22-23-20)14-24-11-3-1-2-5-18(24)19-6-4-12-25-19/h4,6-10,12-13,18H,1-3,5,11,14H2,(H,22,23)/t18-/m0/s1. The van der Waals surface area contributed by atoms with Gasteiger partial charge in [-0.25, -0.2) is 4.39 Å². The molecule has 1 fully saturated rings. The third-order valence-electron chi connectivity index (χ3n) is 4.96. The summed E-state index contributed by atoms with van der Waals surface area (Å²) in [5.74, 6) is -0.213. The van der Waals surface area contributed by atoms with Crippen molar-refractivity contribution >= 4 is 11.3 Å². The maximum atomic E-state index is 13.2. The molecule has 0 saturated carbocycles. The van der Waals surface area contributed by atoms with E-state index in [1.165, 1.54) is 48.3 Å². The van der Waals surface area contributed by atoms with Crippen molar-refractivity contribution < 1.29 is 4.39 Å². The number of thiophene rings is 1. The van der Waals surface area contributed by atoms with Crippen molar-refractivity contribution in [3.63, 3.8) is 0 Å². The van der Waals surface area contributed by atoms with E-state index in [1.54, 1.807) is 0 Å². The van der Waals surface area contributed by atoms with E-state index in [1.807, 2.05) is 29.7 Å². The van der Waals surface area contributed by atoms with Gasteiger partial charge in [0.1, 0.15) is 5.82 Å². The first kappa shape index (κ1) is 16.5. The van der Waals surface area contributed by atoms with Crippen LogP contribution in [0.25, 0.3) is 11.3 Å². The molecule has 1 aliphatic rings. The van der Waals surface area contributed by atoms with Crippen LogP contribution in [0.3, 0.4) is 0 Å². The molecule has 5 heteroatoms. The second-order valence-corrected chi connectivity index (χ2v) is 7.61. The van der Waals surface area contributed by atoms with E-state index in [0.29, 0.717) is 6.04 Å². The zero-order valence-corrected chi connectivity index (χ0v) is 14.9. The fraction of sp³-hybridized carbons (Fsp3) is 0.350. The number of aromatic amines is 1. The van der Waals surface area contributed by atoms with E-state index in [2.05, 4.69) is 32.6 Å². The maximum absolute atomic E-state index is 13.2. The van der Waals surface area contributed by atoms with Crippen molar-refractivity contribution in [1.29, 1.82) is 0 Å². The SMILES string of the molecule is Fc1ccc(-c2[nH]ncc2CN2CCCCC[C@H]2c2cccs2)cc1. The van der Waals surface area contributed by atoms with E-state index in [4.69, 9.17) is 0 Å². The summed E-state index contributed by atoms with van der Waals surface area (Å²) in [7, 11) is 0. The van der Waals surface area contributed by atoms with Gasteiger partial charge in [-0.3, -0.25) is 10.00 Å². The number of rotatable bonds is 4. The molecule has 0 bridgehead atoms. The van der Waals surface area contributed by atoms with Gasteiger partial charge in [-0.2, -0.15) is 5.10 Å². The van der Waals surface area contributed by atoms with Gasteiger partial charge in [0.15, 0.2) is 0 Å². The topological polar surface area (TPSA) is 31.9 Å². The lowest BCUT2D eigenvalue weighted by atomic mass is 10.1. The van der Waals surface area contributed by atoms with Gasteiger partial charge < -0.3 is 0 Å². The molecule has 0 spiro atoms. The molecule has 1 saturated heterocycles. The first-order chi connectivity index (χ1) is 12.3. The molecule has 25 heavy (non-hydrogen) atoms. The van der Waals surface area contributed by atoms with Gasteiger partial charge in [-0.15, -0.1) is 11.3 Å². The molecular weight excluding hydrogens is 333 g/mol. The van der Waals surface area contributed by atoms with Gasteiger partial charge in [-0.05, 0) is 55.1 Å². The second-order valence-electron chi connectivity index (χ2n) is 6.63. The van der Waals surface area contributed by atoms with Crippen molar-refractivity contribution in [2.75, 3.05) is 6.54 Å². The van der Waals surface area contributed by atoms with Gasteiger partial charge in [0, 0.05) is 28.6 Å². The second kappa shape index (κ2) is 7.50. The molecule has 3 nitrogen and oxygen atoms in total. The molecule has 1 aliphatic heterocycles. The van der Waals surface area contributed by atoms with E-state index >= 15 is 0 Å². The Morgan fingerprint density at radius 2 is 2.04 bits per heavy atom. The molecule has 3 aromatic rings. The highest BCUT2D eigenvalue weighted by Gasteiger charge is 2.24. The third-order valence-corrected chi connectivity index (χ3v) is 5.93. The number of hydrogen-bond acceptors (Lipinski definition) is 3. The largest absolute Gasteiger partial charge is 0.291 e. The lowest BCUT2D eigenvalue weighted by Gasteiger charge is -2.29. The predicted molar refractivity (Wildman–Crippen MR) is 99.9 cm³/mol. The molecule has 1 N–H and O–H groups in total. The Balaban J connectivity index is 1.60. The summed E-state index contributed by atoms with van der Waals surface area (Å²) in [6.07, 6.45) is 6.95. The number of hydrogen-bond donors (Lipinski definition) is 1. The number of halogens is 1. The lowest BCUT2D eigenvalue weighted by Crippen LogP contribution is -2.27. The average molecular weight is 355 g/mol. The predicted octanol–water partition coefficient (Wildman–Crippen LogP) is 5.39. The highest BCUT2D eigenvalue weighted by Crippen LogP contribution is 2.35. The van der Waals surface area contributed by atoms with Crippen LogP contribution in [0.15, 0.2) is 48.0 Å². The van der Waals surface area contributed by atoms with E-state index < -0.39 is 0 Å². The summed E-state index contributed by atoms with van der Waals surface area (Å²) in [5.41, 5.74) is 3.15. The number of H-pyrrole nitrogens is 1. The van der Waals surface area contributed by atoms with E-state index in [0.717, 1.165) is 24.3 Å². The van der Waals surface area contributed by atoms with Crippen molar-refractivity contribution in [3.05, 3.63) is 64.2 Å². The van der Waals surface area contributed by atoms with Crippen LogP contribution in [0.5, 0.6) is 0 Å². The van der Waals surface area contributed by atoms with Crippen LogP contribution >= 0.6 is 11.3 Å². The van der Waals surface area contributed by atoms with Crippen molar-refractivity contribution in [2.45, 2.75) is 38.3 Å². The van der Waals surface area contributed by atoms with Crippen LogP contribution in [-0.4, -0.2) is 21.6 Å². The molecule has 0 aliphatic carbocycles. The van der Waals surface area contributed by atoms with Crippen molar-refractivity contribution in [2.24, 2.45) is 0 Å². The number of nitrogens with one attached hydrogen (secondary N) is 1. The zero-order chi connectivity index (χ0) is 17.1. The Kier molecular flexibility index (Phi) is 4.95. The molecule has 4 rings (SSSR count). The fourth-order valence-electron chi connectivity index (χ4n) is 3.68. The van der Waals surface area contributed by atoms with Gasteiger partial charge in [0.2, 0.25) is 0 Å². The van der Waals surface area contributed by atoms with Gasteiger partial charge in [0.25, 0.3) is 0 Å². The first-order valence-electron chi connectivity index (χ1n) is 8.87. The van der Waals surface area contributed by atoms with E-state index in [9.17, 15) is 4.39 Å². The molecule has 2 aromatic heterocycles. The lowest BCUT2D eigenvalue weighted by molar-refractivity contribution is 0.195. The molecule has 130 valence electrons. The smallest absolute Gasteiger partial charge is 0.123 e. The summed E-state index contributed by atoms with van der Waals surface area (Å²) in [6, 6.07) is 11.5. The Morgan fingerprint density at radius 3 is 2.84 bits per heavy atom. The Hall–Kier alpha value is -1.98. The van der Waals surface area contributed by atoms with Crippen molar-refractivity contribution in [3.8, 4) is 11.3 Å². The van der Waals surface area contributed by atoms with Gasteiger partial charge in [0.05, 0.1) is 11.9 Å². The molecule has 1 aromatic carbocycles. The molecule has 0 radical (unpaired) electrons. The summed E-state index contributed by atoms with van der Waals surface area (Å²) < 4.78 is 13.2. The molecule has 1 atom stereocenters. The minimum atomic E-state index is -0.213. The highest BCUT2D eigenvalue weighted by molar-refractivity contribution is 7.10. The Bertz CT molecular complexity index is 795. The third kappa shape index (κ3) is 3.67. The molecule has 0 amide bonds. The number of aromatic nitrogens is 2. The summed E-state index contributed by atoms with van der Waals surface area (Å²) in [5, 5.41) is 9.52. The molecule has 3 heterocycles. The van der Waals surface area contributed by atoms with Crippen LogP contribution in [0.4, 0.5) is 4.39 Å².